The summed E-state index contributed by atoms with van der Waals surface area (Å²) < 4.78 is 5.48. The van der Waals surface area contributed by atoms with Gasteiger partial charge in [0.25, 0.3) is 0 Å². The second-order valence-electron chi connectivity index (χ2n) is 5.92. The van der Waals surface area contributed by atoms with Crippen LogP contribution in [0.1, 0.15) is 43.7 Å². The number of hydrogen-bond donors (Lipinski definition) is 1. The van der Waals surface area contributed by atoms with Crippen LogP contribution in [0.5, 0.6) is 5.75 Å². The molecule has 0 saturated heterocycles. The van der Waals surface area contributed by atoms with Gasteiger partial charge in [0, 0.05) is 16.1 Å². The summed E-state index contributed by atoms with van der Waals surface area (Å²) in [4.78, 5) is 2.29. The Morgan fingerprint density at radius 1 is 1.25 bits per heavy atom. The van der Waals surface area contributed by atoms with Crippen molar-refractivity contribution in [2.45, 2.75) is 43.7 Å². The van der Waals surface area contributed by atoms with Gasteiger partial charge in [-0.15, -0.1) is 0 Å². The molecule has 0 spiro atoms. The van der Waals surface area contributed by atoms with Crippen molar-refractivity contribution < 1.29 is 4.74 Å². The Hall–Kier alpha value is -0.770. The summed E-state index contributed by atoms with van der Waals surface area (Å²) >= 11 is 6.16. The fourth-order valence-corrected chi connectivity index (χ4v) is 3.62. The molecule has 1 aliphatic rings. The number of hydrogen-bond acceptors (Lipinski definition) is 3. The highest BCUT2D eigenvalue weighted by Crippen LogP contribution is 2.43. The first kappa shape index (κ1) is 15.6. The van der Waals surface area contributed by atoms with Crippen molar-refractivity contribution in [2.75, 3.05) is 21.2 Å². The zero-order valence-corrected chi connectivity index (χ0v) is 13.4. The summed E-state index contributed by atoms with van der Waals surface area (Å²) in [7, 11) is 5.94. The molecule has 0 bridgehead atoms. The van der Waals surface area contributed by atoms with Crippen LogP contribution in [0.3, 0.4) is 0 Å². The van der Waals surface area contributed by atoms with Crippen LogP contribution in [0.25, 0.3) is 0 Å². The summed E-state index contributed by atoms with van der Waals surface area (Å²) in [5.74, 6) is 0.827. The zero-order valence-electron chi connectivity index (χ0n) is 12.7. The standard InChI is InChI=1S/C16H25ClN2O/c1-19(2)16(9-5-4-6-10-16)15(18)13-11-12(17)7-8-14(13)20-3/h7-8,11,15H,4-6,9-10,18H2,1-3H3. The largest absolute Gasteiger partial charge is 0.496 e. The number of halogens is 1. The van der Waals surface area contributed by atoms with E-state index >= 15 is 0 Å². The van der Waals surface area contributed by atoms with E-state index in [-0.39, 0.29) is 11.6 Å². The van der Waals surface area contributed by atoms with Crippen molar-refractivity contribution in [2.24, 2.45) is 5.73 Å². The van der Waals surface area contributed by atoms with Crippen molar-refractivity contribution in [1.29, 1.82) is 0 Å². The fourth-order valence-electron chi connectivity index (χ4n) is 3.44. The Labute approximate surface area is 127 Å². The summed E-state index contributed by atoms with van der Waals surface area (Å²) in [6.45, 7) is 0. The molecule has 1 atom stereocenters. The van der Waals surface area contributed by atoms with E-state index in [0.29, 0.717) is 5.02 Å². The maximum atomic E-state index is 6.67. The Morgan fingerprint density at radius 2 is 1.90 bits per heavy atom. The zero-order chi connectivity index (χ0) is 14.8. The molecule has 0 radical (unpaired) electrons. The summed E-state index contributed by atoms with van der Waals surface area (Å²) in [6, 6.07) is 5.61. The summed E-state index contributed by atoms with van der Waals surface area (Å²) in [5, 5.41) is 0.709. The topological polar surface area (TPSA) is 38.5 Å². The molecule has 0 aromatic heterocycles. The first-order chi connectivity index (χ1) is 9.51. The van der Waals surface area contributed by atoms with Gasteiger partial charge in [-0.3, -0.25) is 0 Å². The molecule has 0 aliphatic heterocycles. The van der Waals surface area contributed by atoms with E-state index in [1.165, 1.54) is 19.3 Å². The normalized spacial score (nSPS) is 19.9. The van der Waals surface area contributed by atoms with Crippen molar-refractivity contribution in [1.82, 2.24) is 4.90 Å². The highest BCUT2D eigenvalue weighted by Gasteiger charge is 2.41. The molecule has 1 aromatic rings. The minimum Gasteiger partial charge on any atom is -0.496 e. The van der Waals surface area contributed by atoms with Crippen LogP contribution in [0.2, 0.25) is 5.02 Å². The van der Waals surface area contributed by atoms with Crippen LogP contribution in [0.15, 0.2) is 18.2 Å². The molecule has 112 valence electrons. The molecule has 2 N–H and O–H groups in total. The Balaban J connectivity index is 2.41. The number of nitrogens with zero attached hydrogens (tertiary/aromatic N) is 1. The summed E-state index contributed by atoms with van der Waals surface area (Å²) in [6.07, 6.45) is 6.01. The second kappa shape index (κ2) is 6.33. The smallest absolute Gasteiger partial charge is 0.123 e. The van der Waals surface area contributed by atoms with Gasteiger partial charge in [-0.05, 0) is 45.1 Å². The van der Waals surface area contributed by atoms with E-state index in [4.69, 9.17) is 22.1 Å². The van der Waals surface area contributed by atoms with Crippen LogP contribution in [0.4, 0.5) is 0 Å². The van der Waals surface area contributed by atoms with Crippen LogP contribution in [-0.4, -0.2) is 31.6 Å². The number of rotatable bonds is 4. The van der Waals surface area contributed by atoms with Gasteiger partial charge in [0.05, 0.1) is 13.2 Å². The van der Waals surface area contributed by atoms with Crippen LogP contribution >= 0.6 is 11.6 Å². The predicted octanol–water partition coefficient (Wildman–Crippen LogP) is 3.61. The number of benzene rings is 1. The first-order valence-electron chi connectivity index (χ1n) is 7.28. The van der Waals surface area contributed by atoms with Crippen molar-refractivity contribution >= 4 is 11.6 Å². The molecule has 20 heavy (non-hydrogen) atoms. The SMILES string of the molecule is COc1ccc(Cl)cc1C(N)C1(N(C)C)CCCCC1. The third kappa shape index (κ3) is 2.80. The molecule has 4 heteroatoms. The lowest BCUT2D eigenvalue weighted by Crippen LogP contribution is -2.53. The lowest BCUT2D eigenvalue weighted by molar-refractivity contribution is 0.0704. The maximum absolute atomic E-state index is 6.67. The van der Waals surface area contributed by atoms with Crippen molar-refractivity contribution in [3.63, 3.8) is 0 Å². The van der Waals surface area contributed by atoms with E-state index in [2.05, 4.69) is 19.0 Å². The van der Waals surface area contributed by atoms with Crippen molar-refractivity contribution in [3.05, 3.63) is 28.8 Å². The van der Waals surface area contributed by atoms with Gasteiger partial charge in [-0.2, -0.15) is 0 Å². The monoisotopic (exact) mass is 296 g/mol. The van der Waals surface area contributed by atoms with Crippen molar-refractivity contribution in [3.8, 4) is 5.75 Å². The third-order valence-corrected chi connectivity index (χ3v) is 4.95. The maximum Gasteiger partial charge on any atom is 0.123 e. The molecular formula is C16H25ClN2O. The molecule has 1 aromatic carbocycles. The Kier molecular flexibility index (Phi) is 4.95. The Morgan fingerprint density at radius 3 is 2.45 bits per heavy atom. The number of ether oxygens (including phenoxy) is 1. The highest BCUT2D eigenvalue weighted by molar-refractivity contribution is 6.30. The van der Waals surface area contributed by atoms with Crippen LogP contribution in [-0.2, 0) is 0 Å². The molecule has 0 amide bonds. The van der Waals surface area contributed by atoms with E-state index in [9.17, 15) is 0 Å². The van der Waals surface area contributed by atoms with E-state index < -0.39 is 0 Å². The molecule has 1 aliphatic carbocycles. The predicted molar refractivity (Wildman–Crippen MR) is 84.4 cm³/mol. The molecule has 1 saturated carbocycles. The summed E-state index contributed by atoms with van der Waals surface area (Å²) in [5.41, 5.74) is 7.68. The molecular weight excluding hydrogens is 272 g/mol. The second-order valence-corrected chi connectivity index (χ2v) is 6.36. The molecule has 2 rings (SSSR count). The molecule has 1 fully saturated rings. The van der Waals surface area contributed by atoms with Gasteiger partial charge in [0.15, 0.2) is 0 Å². The van der Waals surface area contributed by atoms with Gasteiger partial charge in [0.2, 0.25) is 0 Å². The average molecular weight is 297 g/mol. The van der Waals surface area contributed by atoms with Gasteiger partial charge < -0.3 is 15.4 Å². The molecule has 1 unspecified atom stereocenters. The number of methoxy groups -OCH3 is 1. The van der Waals surface area contributed by atoms with Gasteiger partial charge in [-0.25, -0.2) is 0 Å². The van der Waals surface area contributed by atoms with E-state index in [1.54, 1.807) is 7.11 Å². The molecule has 0 heterocycles. The lowest BCUT2D eigenvalue weighted by Gasteiger charge is -2.47. The Bertz CT molecular complexity index is 456. The van der Waals surface area contributed by atoms with Gasteiger partial charge >= 0.3 is 0 Å². The molecule has 3 nitrogen and oxygen atoms in total. The van der Waals surface area contributed by atoms with Crippen LogP contribution in [0, 0.1) is 0 Å². The number of likely N-dealkylation sites (N-methyl/N-ethyl adjacent to an activating group) is 1. The lowest BCUT2D eigenvalue weighted by atomic mass is 9.73. The highest BCUT2D eigenvalue weighted by atomic mass is 35.5. The third-order valence-electron chi connectivity index (χ3n) is 4.72. The van der Waals surface area contributed by atoms with E-state index in [0.717, 1.165) is 24.2 Å². The first-order valence-corrected chi connectivity index (χ1v) is 7.65. The quantitative estimate of drug-likeness (QED) is 0.922. The minimum absolute atomic E-state index is 0.00376. The van der Waals surface area contributed by atoms with Gasteiger partial charge in [0.1, 0.15) is 5.75 Å². The fraction of sp³-hybridized carbons (Fsp3) is 0.625. The van der Waals surface area contributed by atoms with Crippen LogP contribution < -0.4 is 10.5 Å². The average Bonchev–Trinajstić information content (AvgIpc) is 2.47. The van der Waals surface area contributed by atoms with Gasteiger partial charge in [-0.1, -0.05) is 30.9 Å². The number of nitrogens with two attached hydrogens (primary N) is 1. The van der Waals surface area contributed by atoms with E-state index in [1.807, 2.05) is 18.2 Å². The minimum atomic E-state index is -0.0913.